The van der Waals surface area contributed by atoms with E-state index in [1.165, 1.54) is 23.9 Å². The second-order valence-corrected chi connectivity index (χ2v) is 12.5. The Morgan fingerprint density at radius 2 is 1.65 bits per heavy atom. The number of esters is 1. The van der Waals surface area contributed by atoms with Crippen LogP contribution < -0.4 is 24.6 Å². The first-order chi connectivity index (χ1) is 22.3. The van der Waals surface area contributed by atoms with Crippen LogP contribution in [0.1, 0.15) is 40.6 Å². The van der Waals surface area contributed by atoms with Gasteiger partial charge in [-0.3, -0.25) is 19.2 Å². The van der Waals surface area contributed by atoms with E-state index >= 15 is 0 Å². The number of imide groups is 1. The molecule has 3 aromatic carbocycles. The minimum atomic E-state index is -0.820. The van der Waals surface area contributed by atoms with Gasteiger partial charge >= 0.3 is 10.8 Å². The van der Waals surface area contributed by atoms with Gasteiger partial charge in [0.25, 0.3) is 5.91 Å². The van der Waals surface area contributed by atoms with Gasteiger partial charge in [-0.05, 0) is 67.9 Å². The van der Waals surface area contributed by atoms with E-state index in [-0.39, 0.29) is 24.0 Å². The summed E-state index contributed by atoms with van der Waals surface area (Å²) >= 11 is 2.17. The Labute approximate surface area is 271 Å². The molecule has 1 saturated heterocycles. The average Bonchev–Trinajstić information content (AvgIpc) is 3.55. The first-order valence-electron chi connectivity index (χ1n) is 14.6. The molecule has 11 nitrogen and oxygen atoms in total. The van der Waals surface area contributed by atoms with Crippen molar-refractivity contribution in [2.24, 2.45) is 5.92 Å². The SMILES string of the molecule is CCOC(=O)c1ccc(N2C(=O)[C@H]3[C@H](c4ccc(OCC(=O)Nc5ccccc5)c(OCC)c4)c4sc(=O)[nH]c4S[C@H]3C2=O)cc1. The van der Waals surface area contributed by atoms with Gasteiger partial charge in [-0.15, -0.1) is 0 Å². The lowest BCUT2D eigenvalue weighted by atomic mass is 9.83. The van der Waals surface area contributed by atoms with E-state index < -0.39 is 34.9 Å². The van der Waals surface area contributed by atoms with Crippen molar-refractivity contribution in [3.8, 4) is 11.5 Å². The number of amides is 3. The molecule has 236 valence electrons. The molecule has 6 rings (SSSR count). The molecule has 46 heavy (non-hydrogen) atoms. The Bertz CT molecular complexity index is 1850. The second kappa shape index (κ2) is 13.2. The first-order valence-corrected chi connectivity index (χ1v) is 16.3. The second-order valence-electron chi connectivity index (χ2n) is 10.4. The van der Waals surface area contributed by atoms with E-state index in [0.29, 0.717) is 50.5 Å². The number of carbonyl (C=O) groups is 4. The van der Waals surface area contributed by atoms with Crippen LogP contribution in [-0.2, 0) is 19.1 Å². The molecule has 1 aromatic heterocycles. The summed E-state index contributed by atoms with van der Waals surface area (Å²) in [7, 11) is 0. The molecule has 1 fully saturated rings. The number of nitrogens with one attached hydrogen (secondary N) is 2. The summed E-state index contributed by atoms with van der Waals surface area (Å²) in [5.41, 5.74) is 1.93. The molecule has 0 unspecified atom stereocenters. The van der Waals surface area contributed by atoms with Gasteiger partial charge in [0.15, 0.2) is 18.1 Å². The lowest BCUT2D eigenvalue weighted by Crippen LogP contribution is -2.32. The van der Waals surface area contributed by atoms with E-state index in [4.69, 9.17) is 14.2 Å². The number of benzene rings is 3. The Morgan fingerprint density at radius 1 is 0.891 bits per heavy atom. The van der Waals surface area contributed by atoms with Crippen LogP contribution in [0, 0.1) is 5.92 Å². The third-order valence-electron chi connectivity index (χ3n) is 7.50. The van der Waals surface area contributed by atoms with E-state index in [1.807, 2.05) is 25.1 Å². The van der Waals surface area contributed by atoms with Crippen molar-refractivity contribution in [1.29, 1.82) is 0 Å². The lowest BCUT2D eigenvalue weighted by Gasteiger charge is -2.30. The predicted octanol–water partition coefficient (Wildman–Crippen LogP) is 4.83. The van der Waals surface area contributed by atoms with Gasteiger partial charge < -0.3 is 24.5 Å². The van der Waals surface area contributed by atoms with Crippen molar-refractivity contribution < 1.29 is 33.4 Å². The van der Waals surface area contributed by atoms with Gasteiger partial charge in [0.2, 0.25) is 11.8 Å². The highest BCUT2D eigenvalue weighted by Gasteiger charge is 2.56. The van der Waals surface area contributed by atoms with Crippen LogP contribution in [0.2, 0.25) is 0 Å². The zero-order valence-corrected chi connectivity index (χ0v) is 26.4. The molecular weight excluding hydrogens is 631 g/mol. The van der Waals surface area contributed by atoms with E-state index in [2.05, 4.69) is 10.3 Å². The highest BCUT2D eigenvalue weighted by molar-refractivity contribution is 8.00. The maximum Gasteiger partial charge on any atom is 0.338 e. The third kappa shape index (κ3) is 6.03. The minimum absolute atomic E-state index is 0.222. The van der Waals surface area contributed by atoms with Gasteiger partial charge in [-0.25, -0.2) is 9.69 Å². The number of H-pyrrole nitrogens is 1. The zero-order chi connectivity index (χ0) is 32.4. The topological polar surface area (TPSA) is 144 Å². The number of para-hydroxylation sites is 1. The molecular formula is C33H29N3O8S2. The van der Waals surface area contributed by atoms with Gasteiger partial charge in [-0.2, -0.15) is 0 Å². The van der Waals surface area contributed by atoms with Crippen LogP contribution in [0.4, 0.5) is 11.4 Å². The van der Waals surface area contributed by atoms with Crippen LogP contribution >= 0.6 is 23.1 Å². The molecule has 0 radical (unpaired) electrons. The van der Waals surface area contributed by atoms with Gasteiger partial charge in [0.1, 0.15) is 5.25 Å². The summed E-state index contributed by atoms with van der Waals surface area (Å²) in [5, 5.41) is 2.51. The molecule has 3 atom stereocenters. The molecule has 0 saturated carbocycles. The third-order valence-corrected chi connectivity index (χ3v) is 9.90. The van der Waals surface area contributed by atoms with Crippen molar-refractivity contribution in [3.05, 3.63) is 98.5 Å². The summed E-state index contributed by atoms with van der Waals surface area (Å²) in [6.45, 7) is 3.78. The highest BCUT2D eigenvalue weighted by Crippen LogP contribution is 2.53. The molecule has 2 aliphatic heterocycles. The molecule has 0 aliphatic carbocycles. The number of aromatic nitrogens is 1. The maximum atomic E-state index is 14.1. The number of carbonyl (C=O) groups excluding carboxylic acids is 4. The number of aromatic amines is 1. The van der Waals surface area contributed by atoms with Crippen molar-refractivity contribution in [2.75, 3.05) is 30.0 Å². The number of ether oxygens (including phenoxy) is 3. The minimum Gasteiger partial charge on any atom is -0.490 e. The van der Waals surface area contributed by atoms with Crippen LogP contribution in [0.3, 0.4) is 0 Å². The maximum absolute atomic E-state index is 14.1. The zero-order valence-electron chi connectivity index (χ0n) is 24.8. The van der Waals surface area contributed by atoms with Gasteiger partial charge in [0.05, 0.1) is 35.4 Å². The number of thiazole rings is 1. The summed E-state index contributed by atoms with van der Waals surface area (Å²) < 4.78 is 16.7. The fraction of sp³-hybridized carbons (Fsp3) is 0.242. The van der Waals surface area contributed by atoms with Crippen molar-refractivity contribution in [3.63, 3.8) is 0 Å². The number of hydrogen-bond acceptors (Lipinski definition) is 10. The largest absolute Gasteiger partial charge is 0.490 e. The van der Waals surface area contributed by atoms with Crippen molar-refractivity contribution >= 4 is 58.2 Å². The Kier molecular flexibility index (Phi) is 8.95. The standard InChI is InChI=1S/C33H29N3O8S2/c1-3-42-23-16-19(12-15-22(23)44-17-24(37)34-20-8-6-5-7-9-20)25-26-28(45-29-27(25)46-33(41)35-29)31(39)36(30(26)38)21-13-10-18(11-14-21)32(40)43-4-2/h5-16,25-26,28H,3-4,17H2,1-2H3,(H,34,37)(H,35,41)/t25-,26-,28+/m0/s1. The number of fused-ring (bicyclic) bond motifs is 2. The normalized spacial score (nSPS) is 18.5. The molecule has 4 aromatic rings. The van der Waals surface area contributed by atoms with Gasteiger partial charge in [0, 0.05) is 16.5 Å². The molecule has 2 aliphatic rings. The molecule has 3 heterocycles. The van der Waals surface area contributed by atoms with E-state index in [9.17, 15) is 24.0 Å². The average molecular weight is 660 g/mol. The summed E-state index contributed by atoms with van der Waals surface area (Å²) in [5.74, 6) is -2.46. The van der Waals surface area contributed by atoms with Gasteiger partial charge in [-0.1, -0.05) is 47.4 Å². The Balaban J connectivity index is 1.30. The number of nitrogens with zero attached hydrogens (tertiary/aromatic N) is 1. The summed E-state index contributed by atoms with van der Waals surface area (Å²) in [6, 6.07) is 20.3. The first kappa shape index (κ1) is 31.1. The van der Waals surface area contributed by atoms with Crippen molar-refractivity contribution in [2.45, 2.75) is 30.0 Å². The Hall–Kier alpha value is -4.88. The van der Waals surface area contributed by atoms with Crippen LogP contribution in [0.15, 0.2) is 82.6 Å². The molecule has 0 spiro atoms. The summed E-state index contributed by atoms with van der Waals surface area (Å²) in [4.78, 5) is 69.4. The molecule has 0 bridgehead atoms. The number of hydrogen-bond donors (Lipinski definition) is 2. The quantitative estimate of drug-likeness (QED) is 0.181. The monoisotopic (exact) mass is 659 g/mol. The lowest BCUT2D eigenvalue weighted by molar-refractivity contribution is -0.122. The highest BCUT2D eigenvalue weighted by atomic mass is 32.2. The molecule has 2 N–H and O–H groups in total. The fourth-order valence-corrected chi connectivity index (χ4v) is 8.07. The number of thioether (sulfide) groups is 1. The van der Waals surface area contributed by atoms with E-state index in [0.717, 1.165) is 16.2 Å². The van der Waals surface area contributed by atoms with Crippen LogP contribution in [-0.4, -0.2) is 53.7 Å². The molecule has 13 heteroatoms. The summed E-state index contributed by atoms with van der Waals surface area (Å²) in [6.07, 6.45) is 0. The Morgan fingerprint density at radius 3 is 2.37 bits per heavy atom. The van der Waals surface area contributed by atoms with Crippen LogP contribution in [0.25, 0.3) is 0 Å². The number of rotatable bonds is 10. The molecule has 3 amide bonds. The van der Waals surface area contributed by atoms with E-state index in [1.54, 1.807) is 49.4 Å². The van der Waals surface area contributed by atoms with Crippen molar-refractivity contribution in [1.82, 2.24) is 4.98 Å². The fourth-order valence-electron chi connectivity index (χ4n) is 5.56. The predicted molar refractivity (Wildman–Crippen MR) is 173 cm³/mol. The van der Waals surface area contributed by atoms with Crippen LogP contribution in [0.5, 0.6) is 11.5 Å². The number of anilines is 2. The smallest absolute Gasteiger partial charge is 0.338 e.